The van der Waals surface area contributed by atoms with Crippen LogP contribution in [0, 0.1) is 5.82 Å². The van der Waals surface area contributed by atoms with Crippen molar-refractivity contribution in [3.8, 4) is 0 Å². The lowest BCUT2D eigenvalue weighted by molar-refractivity contribution is 0.340. The standard InChI is InChI=1S/C11H17FN2O2S/c1-14(6-7-17(2,15)16)8-9-10(12)4-3-5-11(9)13/h3-5H,6-8,13H2,1-2H3. The molecule has 0 bridgehead atoms. The third kappa shape index (κ3) is 4.70. The van der Waals surface area contributed by atoms with Crippen molar-refractivity contribution < 1.29 is 12.8 Å². The van der Waals surface area contributed by atoms with E-state index in [0.717, 1.165) is 0 Å². The number of nitrogen functional groups attached to an aromatic ring is 1. The summed E-state index contributed by atoms with van der Waals surface area (Å²) in [5, 5.41) is 0. The van der Waals surface area contributed by atoms with E-state index < -0.39 is 9.84 Å². The van der Waals surface area contributed by atoms with Gasteiger partial charge in [-0.15, -0.1) is 0 Å². The summed E-state index contributed by atoms with van der Waals surface area (Å²) in [7, 11) is -1.27. The number of hydrogen-bond acceptors (Lipinski definition) is 4. The van der Waals surface area contributed by atoms with Crippen molar-refractivity contribution in [1.29, 1.82) is 0 Å². The molecule has 0 fully saturated rings. The molecule has 1 rings (SSSR count). The summed E-state index contributed by atoms with van der Waals surface area (Å²) in [5.74, 6) is -0.311. The molecule has 17 heavy (non-hydrogen) atoms. The lowest BCUT2D eigenvalue weighted by Crippen LogP contribution is -2.25. The topological polar surface area (TPSA) is 63.4 Å². The van der Waals surface area contributed by atoms with Gasteiger partial charge in [0.05, 0.1) is 5.75 Å². The predicted octanol–water partition coefficient (Wildman–Crippen LogP) is 0.884. The third-order valence-electron chi connectivity index (χ3n) is 2.43. The maximum absolute atomic E-state index is 13.5. The SMILES string of the molecule is CN(CCS(C)(=O)=O)Cc1c(N)cccc1F. The second-order valence-corrected chi connectivity index (χ2v) is 6.44. The highest BCUT2D eigenvalue weighted by Crippen LogP contribution is 2.17. The average Bonchev–Trinajstić information content (AvgIpc) is 2.20. The van der Waals surface area contributed by atoms with Gasteiger partial charge in [-0.25, -0.2) is 12.8 Å². The van der Waals surface area contributed by atoms with Gasteiger partial charge in [0.2, 0.25) is 0 Å². The maximum Gasteiger partial charge on any atom is 0.148 e. The molecule has 0 radical (unpaired) electrons. The molecule has 6 heteroatoms. The van der Waals surface area contributed by atoms with Gasteiger partial charge in [0, 0.05) is 30.6 Å². The van der Waals surface area contributed by atoms with E-state index in [4.69, 9.17) is 5.73 Å². The van der Waals surface area contributed by atoms with E-state index in [0.29, 0.717) is 24.3 Å². The summed E-state index contributed by atoms with van der Waals surface area (Å²) in [6.07, 6.45) is 1.18. The Morgan fingerprint density at radius 3 is 2.59 bits per heavy atom. The van der Waals surface area contributed by atoms with Crippen molar-refractivity contribution in [2.45, 2.75) is 6.54 Å². The van der Waals surface area contributed by atoms with Crippen LogP contribution in [0.4, 0.5) is 10.1 Å². The normalized spacial score (nSPS) is 12.0. The van der Waals surface area contributed by atoms with Gasteiger partial charge in [-0.1, -0.05) is 6.07 Å². The van der Waals surface area contributed by atoms with Crippen LogP contribution in [0.3, 0.4) is 0 Å². The molecule has 1 aromatic carbocycles. The number of benzene rings is 1. The molecule has 0 saturated heterocycles. The van der Waals surface area contributed by atoms with E-state index in [1.54, 1.807) is 24.1 Å². The molecule has 0 unspecified atom stereocenters. The lowest BCUT2D eigenvalue weighted by atomic mass is 10.1. The Bertz CT molecular complexity index is 468. The van der Waals surface area contributed by atoms with Crippen LogP contribution in [0.15, 0.2) is 18.2 Å². The van der Waals surface area contributed by atoms with Gasteiger partial charge in [-0.2, -0.15) is 0 Å². The van der Waals surface area contributed by atoms with Crippen LogP contribution in [-0.4, -0.2) is 38.9 Å². The van der Waals surface area contributed by atoms with E-state index in [1.165, 1.54) is 12.3 Å². The summed E-state index contributed by atoms with van der Waals surface area (Å²) in [4.78, 5) is 1.73. The minimum Gasteiger partial charge on any atom is -0.398 e. The highest BCUT2D eigenvalue weighted by Gasteiger charge is 2.10. The van der Waals surface area contributed by atoms with Gasteiger partial charge in [0.25, 0.3) is 0 Å². The Hall–Kier alpha value is -1.14. The van der Waals surface area contributed by atoms with Crippen LogP contribution >= 0.6 is 0 Å². The van der Waals surface area contributed by atoms with Crippen LogP contribution < -0.4 is 5.73 Å². The quantitative estimate of drug-likeness (QED) is 0.798. The molecular formula is C11H17FN2O2S. The van der Waals surface area contributed by atoms with Gasteiger partial charge in [-0.05, 0) is 19.2 Å². The van der Waals surface area contributed by atoms with Crippen LogP contribution in [-0.2, 0) is 16.4 Å². The Morgan fingerprint density at radius 1 is 1.41 bits per heavy atom. The molecular weight excluding hydrogens is 243 g/mol. The summed E-state index contributed by atoms with van der Waals surface area (Å²) in [5.41, 5.74) is 6.46. The Balaban J connectivity index is 2.65. The molecule has 0 aliphatic heterocycles. The summed E-state index contributed by atoms with van der Waals surface area (Å²) in [6, 6.07) is 4.52. The van der Waals surface area contributed by atoms with E-state index in [1.807, 2.05) is 0 Å². The summed E-state index contributed by atoms with van der Waals surface area (Å²) in [6.45, 7) is 0.653. The first kappa shape index (κ1) is 13.9. The average molecular weight is 260 g/mol. The number of sulfone groups is 1. The second-order valence-electron chi connectivity index (χ2n) is 4.18. The van der Waals surface area contributed by atoms with Gasteiger partial charge < -0.3 is 10.6 Å². The first-order valence-corrected chi connectivity index (χ1v) is 7.25. The van der Waals surface area contributed by atoms with Crippen molar-refractivity contribution in [1.82, 2.24) is 4.90 Å². The highest BCUT2D eigenvalue weighted by atomic mass is 32.2. The zero-order valence-corrected chi connectivity index (χ0v) is 10.8. The summed E-state index contributed by atoms with van der Waals surface area (Å²) < 4.78 is 35.5. The van der Waals surface area contributed by atoms with Crippen LogP contribution in [0.2, 0.25) is 0 Å². The molecule has 0 aliphatic carbocycles. The number of halogens is 1. The first-order valence-electron chi connectivity index (χ1n) is 5.19. The first-order chi connectivity index (χ1) is 7.79. The minimum absolute atomic E-state index is 0.0534. The van der Waals surface area contributed by atoms with Gasteiger partial charge in [0.1, 0.15) is 15.7 Å². The molecule has 0 aliphatic rings. The minimum atomic E-state index is -3.00. The molecule has 0 spiro atoms. The Kier molecular flexibility index (Phi) is 4.47. The highest BCUT2D eigenvalue weighted by molar-refractivity contribution is 7.90. The molecule has 0 saturated carbocycles. The molecule has 0 heterocycles. The van der Waals surface area contributed by atoms with Crippen LogP contribution in [0.5, 0.6) is 0 Å². The number of nitrogens with zero attached hydrogens (tertiary/aromatic N) is 1. The molecule has 0 aromatic heterocycles. The van der Waals surface area contributed by atoms with Crippen LogP contribution in [0.25, 0.3) is 0 Å². The number of nitrogens with two attached hydrogens (primary N) is 1. The Morgan fingerprint density at radius 2 is 2.06 bits per heavy atom. The molecule has 0 amide bonds. The molecule has 2 N–H and O–H groups in total. The zero-order valence-electron chi connectivity index (χ0n) is 9.98. The van der Waals surface area contributed by atoms with Crippen molar-refractivity contribution in [3.63, 3.8) is 0 Å². The molecule has 0 atom stereocenters. The molecule has 96 valence electrons. The number of anilines is 1. The Labute approximate surface area is 101 Å². The number of rotatable bonds is 5. The van der Waals surface area contributed by atoms with Gasteiger partial charge in [-0.3, -0.25) is 0 Å². The largest absolute Gasteiger partial charge is 0.398 e. The maximum atomic E-state index is 13.5. The van der Waals surface area contributed by atoms with Crippen LogP contribution in [0.1, 0.15) is 5.56 Å². The summed E-state index contributed by atoms with van der Waals surface area (Å²) >= 11 is 0. The van der Waals surface area contributed by atoms with E-state index in [-0.39, 0.29) is 11.6 Å². The van der Waals surface area contributed by atoms with Crippen molar-refractivity contribution >= 4 is 15.5 Å². The lowest BCUT2D eigenvalue weighted by Gasteiger charge is -2.17. The van der Waals surface area contributed by atoms with E-state index in [2.05, 4.69) is 0 Å². The molecule has 4 nitrogen and oxygen atoms in total. The fourth-order valence-electron chi connectivity index (χ4n) is 1.41. The fourth-order valence-corrected chi connectivity index (χ4v) is 2.06. The zero-order chi connectivity index (χ0) is 13.1. The van der Waals surface area contributed by atoms with Gasteiger partial charge >= 0.3 is 0 Å². The monoisotopic (exact) mass is 260 g/mol. The van der Waals surface area contributed by atoms with Crippen molar-refractivity contribution in [3.05, 3.63) is 29.6 Å². The van der Waals surface area contributed by atoms with Gasteiger partial charge in [0.15, 0.2) is 0 Å². The van der Waals surface area contributed by atoms with Crippen molar-refractivity contribution in [2.24, 2.45) is 0 Å². The smallest absolute Gasteiger partial charge is 0.148 e. The third-order valence-corrected chi connectivity index (χ3v) is 3.35. The second kappa shape index (κ2) is 5.46. The number of hydrogen-bond donors (Lipinski definition) is 1. The van der Waals surface area contributed by atoms with Crippen molar-refractivity contribution in [2.75, 3.05) is 31.3 Å². The van der Waals surface area contributed by atoms with E-state index >= 15 is 0 Å². The van der Waals surface area contributed by atoms with E-state index in [9.17, 15) is 12.8 Å². The fraction of sp³-hybridized carbons (Fsp3) is 0.455. The molecule has 1 aromatic rings. The predicted molar refractivity (Wildman–Crippen MR) is 66.9 cm³/mol.